The van der Waals surface area contributed by atoms with Crippen LogP contribution in [-0.4, -0.2) is 36.0 Å². The molecule has 2 unspecified atom stereocenters. The van der Waals surface area contributed by atoms with Crippen LogP contribution in [0.3, 0.4) is 0 Å². The quantitative estimate of drug-likeness (QED) is 0.499. The van der Waals surface area contributed by atoms with Crippen molar-refractivity contribution >= 4 is 34.8 Å². The molecule has 0 aliphatic carbocycles. The first-order valence-electron chi connectivity index (χ1n) is 11.9. The third-order valence-corrected chi connectivity index (χ3v) is 7.60. The molecule has 3 atom stereocenters. The van der Waals surface area contributed by atoms with E-state index >= 15 is 0 Å². The number of carbonyl (C=O) groups is 3. The number of carboxylic acids is 1. The molecule has 2 amide bonds. The lowest BCUT2D eigenvalue weighted by molar-refractivity contribution is -0.143. The largest absolute Gasteiger partial charge is 0.481 e. The Labute approximate surface area is 202 Å². The summed E-state index contributed by atoms with van der Waals surface area (Å²) in [6, 6.07) is 22.2. The molecule has 1 saturated heterocycles. The lowest BCUT2D eigenvalue weighted by atomic mass is 9.76. The van der Waals surface area contributed by atoms with Gasteiger partial charge in [-0.2, -0.15) is 0 Å². The molecule has 0 aromatic heterocycles. The van der Waals surface area contributed by atoms with E-state index in [1.54, 1.807) is 4.90 Å². The summed E-state index contributed by atoms with van der Waals surface area (Å²) in [6.07, 6.45) is 1.22. The normalized spacial score (nSPS) is 23.3. The van der Waals surface area contributed by atoms with Crippen LogP contribution < -0.4 is 15.5 Å². The molecule has 176 valence electrons. The predicted octanol–water partition coefficient (Wildman–Crippen LogP) is 3.46. The number of hydrogen-bond donors (Lipinski definition) is 3. The number of benzene rings is 3. The number of amides is 2. The Bertz CT molecular complexity index is 1360. The van der Waals surface area contributed by atoms with E-state index in [1.165, 1.54) is 0 Å². The molecule has 3 N–H and O–H groups in total. The van der Waals surface area contributed by atoms with Gasteiger partial charge in [-0.25, -0.2) is 0 Å². The minimum absolute atomic E-state index is 0.0762. The smallest absolute Gasteiger partial charge is 0.307 e. The number of aliphatic carboxylic acids is 1. The second-order valence-electron chi connectivity index (χ2n) is 9.48. The van der Waals surface area contributed by atoms with Crippen LogP contribution in [0.2, 0.25) is 0 Å². The van der Waals surface area contributed by atoms with Gasteiger partial charge in [0.2, 0.25) is 5.91 Å². The zero-order chi connectivity index (χ0) is 24.2. The first-order valence-corrected chi connectivity index (χ1v) is 11.9. The van der Waals surface area contributed by atoms with Gasteiger partial charge < -0.3 is 15.7 Å². The molecular formula is C28H25N3O4. The molecule has 35 heavy (non-hydrogen) atoms. The van der Waals surface area contributed by atoms with Gasteiger partial charge in [-0.1, -0.05) is 48.5 Å². The summed E-state index contributed by atoms with van der Waals surface area (Å²) in [7, 11) is 0. The Hall–Kier alpha value is -3.97. The molecule has 1 spiro atoms. The molecular weight excluding hydrogens is 442 g/mol. The third kappa shape index (κ3) is 3.12. The maximum atomic E-state index is 14.2. The number of nitrogens with one attached hydrogen (secondary N) is 2. The van der Waals surface area contributed by atoms with Crippen LogP contribution in [0.15, 0.2) is 72.8 Å². The summed E-state index contributed by atoms with van der Waals surface area (Å²) in [5.41, 5.74) is 2.65. The lowest BCUT2D eigenvalue weighted by Gasteiger charge is -2.24. The molecule has 3 heterocycles. The second-order valence-corrected chi connectivity index (χ2v) is 9.48. The van der Waals surface area contributed by atoms with Gasteiger partial charge in [0, 0.05) is 22.5 Å². The molecule has 3 aliphatic rings. The zero-order valence-electron chi connectivity index (χ0n) is 19.0. The van der Waals surface area contributed by atoms with Crippen LogP contribution in [0, 0.1) is 11.8 Å². The summed E-state index contributed by atoms with van der Waals surface area (Å²) in [4.78, 5) is 41.2. The number of para-hydroxylation sites is 2. The molecule has 1 fully saturated rings. The summed E-state index contributed by atoms with van der Waals surface area (Å²) < 4.78 is 0. The van der Waals surface area contributed by atoms with E-state index in [2.05, 4.69) is 10.6 Å². The van der Waals surface area contributed by atoms with Crippen molar-refractivity contribution in [3.05, 3.63) is 89.5 Å². The van der Waals surface area contributed by atoms with E-state index in [1.807, 2.05) is 72.8 Å². The highest BCUT2D eigenvalue weighted by Crippen LogP contribution is 2.53. The van der Waals surface area contributed by atoms with Crippen LogP contribution in [0.25, 0.3) is 0 Å². The fourth-order valence-electron chi connectivity index (χ4n) is 5.92. The molecule has 7 heteroatoms. The summed E-state index contributed by atoms with van der Waals surface area (Å²) in [5.74, 6) is -1.90. The number of carboxylic acid groups (broad SMARTS) is 1. The van der Waals surface area contributed by atoms with Crippen LogP contribution in [0.5, 0.6) is 0 Å². The lowest BCUT2D eigenvalue weighted by Crippen LogP contribution is -2.44. The van der Waals surface area contributed by atoms with E-state index < -0.39 is 17.3 Å². The van der Waals surface area contributed by atoms with Gasteiger partial charge >= 0.3 is 5.97 Å². The Balaban J connectivity index is 1.42. The number of anilines is 3. The summed E-state index contributed by atoms with van der Waals surface area (Å²) >= 11 is 0. The minimum Gasteiger partial charge on any atom is -0.481 e. The number of carbonyl (C=O) groups excluding carboxylic acids is 2. The Morgan fingerprint density at radius 3 is 2.57 bits per heavy atom. The second kappa shape index (κ2) is 8.06. The van der Waals surface area contributed by atoms with E-state index in [0.717, 1.165) is 18.5 Å². The number of hydrogen-bond acceptors (Lipinski definition) is 4. The van der Waals surface area contributed by atoms with Crippen molar-refractivity contribution in [2.75, 3.05) is 23.3 Å². The molecule has 3 aromatic carbocycles. The predicted molar refractivity (Wildman–Crippen MR) is 132 cm³/mol. The highest BCUT2D eigenvalue weighted by molar-refractivity contribution is 6.32. The fourth-order valence-corrected chi connectivity index (χ4v) is 5.92. The van der Waals surface area contributed by atoms with Gasteiger partial charge in [0.05, 0.1) is 11.6 Å². The summed E-state index contributed by atoms with van der Waals surface area (Å²) in [5, 5.41) is 16.0. The van der Waals surface area contributed by atoms with Gasteiger partial charge in [-0.05, 0) is 61.7 Å². The highest BCUT2D eigenvalue weighted by atomic mass is 16.4. The van der Waals surface area contributed by atoms with Gasteiger partial charge in [0.15, 0.2) is 5.41 Å². The van der Waals surface area contributed by atoms with Gasteiger partial charge in [-0.15, -0.1) is 0 Å². The van der Waals surface area contributed by atoms with Crippen LogP contribution in [0.4, 0.5) is 17.1 Å². The Kier molecular flexibility index (Phi) is 4.96. The maximum Gasteiger partial charge on any atom is 0.307 e. The van der Waals surface area contributed by atoms with Gasteiger partial charge in [0.25, 0.3) is 5.91 Å². The topological polar surface area (TPSA) is 98.7 Å². The minimum atomic E-state index is -1.44. The van der Waals surface area contributed by atoms with Crippen molar-refractivity contribution in [2.24, 2.45) is 11.8 Å². The molecule has 0 radical (unpaired) electrons. The fraction of sp³-hybridized carbons (Fsp3) is 0.250. The highest BCUT2D eigenvalue weighted by Gasteiger charge is 2.61. The zero-order valence-corrected chi connectivity index (χ0v) is 19.0. The Morgan fingerprint density at radius 2 is 1.80 bits per heavy atom. The standard InChI is InChI=1S/C28H25N3O4/c32-25(33)20(18-12-13-29-16-18)15-17-6-5-7-19(14-17)31-24-11-4-2-9-22(24)28(27(31)35)21-8-1-3-10-23(21)30-26(28)34/h1-11,14,18,20,29H,12-13,15-16H2,(H,30,34)(H,32,33)/t18-,20?,28?/m0/s1. The summed E-state index contributed by atoms with van der Waals surface area (Å²) in [6.45, 7) is 1.53. The van der Waals surface area contributed by atoms with Crippen LogP contribution in [-0.2, 0) is 26.2 Å². The monoisotopic (exact) mass is 467 g/mol. The first-order chi connectivity index (χ1) is 17.0. The van der Waals surface area contributed by atoms with Crippen molar-refractivity contribution in [1.29, 1.82) is 0 Å². The Morgan fingerprint density at radius 1 is 1.03 bits per heavy atom. The van der Waals surface area contributed by atoms with Crippen LogP contribution >= 0.6 is 0 Å². The van der Waals surface area contributed by atoms with Gasteiger partial charge in [0.1, 0.15) is 0 Å². The molecule has 3 aromatic rings. The average Bonchev–Trinajstić information content (AvgIpc) is 3.55. The average molecular weight is 468 g/mol. The molecule has 0 saturated carbocycles. The molecule has 3 aliphatic heterocycles. The molecule has 6 rings (SSSR count). The number of rotatable bonds is 5. The van der Waals surface area contributed by atoms with E-state index in [9.17, 15) is 19.5 Å². The van der Waals surface area contributed by atoms with E-state index in [-0.39, 0.29) is 17.7 Å². The van der Waals surface area contributed by atoms with E-state index in [4.69, 9.17) is 0 Å². The number of fused-ring (bicyclic) bond motifs is 4. The first kappa shape index (κ1) is 21.6. The molecule has 7 nitrogen and oxygen atoms in total. The SMILES string of the molecule is O=C(O)C(Cc1cccc(N2C(=O)C3(C(=O)Nc4ccccc43)c3ccccc32)c1)[C@H]1CCNC1. The maximum absolute atomic E-state index is 14.2. The van der Waals surface area contributed by atoms with Crippen molar-refractivity contribution in [3.8, 4) is 0 Å². The van der Waals surface area contributed by atoms with E-state index in [0.29, 0.717) is 41.2 Å². The van der Waals surface area contributed by atoms with Crippen molar-refractivity contribution < 1.29 is 19.5 Å². The van der Waals surface area contributed by atoms with Gasteiger partial charge in [-0.3, -0.25) is 19.3 Å². The number of nitrogens with zero attached hydrogens (tertiary/aromatic N) is 1. The third-order valence-electron chi connectivity index (χ3n) is 7.60. The van der Waals surface area contributed by atoms with Crippen LogP contribution in [0.1, 0.15) is 23.1 Å². The van der Waals surface area contributed by atoms with Crippen molar-refractivity contribution in [2.45, 2.75) is 18.3 Å². The van der Waals surface area contributed by atoms with Crippen molar-refractivity contribution in [3.63, 3.8) is 0 Å². The van der Waals surface area contributed by atoms with Crippen molar-refractivity contribution in [1.82, 2.24) is 5.32 Å². The molecule has 0 bridgehead atoms.